The minimum atomic E-state index is -0.382. The van der Waals surface area contributed by atoms with Crippen molar-refractivity contribution < 1.29 is 4.42 Å². The maximum atomic E-state index is 6.43. The van der Waals surface area contributed by atoms with E-state index in [0.29, 0.717) is 17.5 Å². The summed E-state index contributed by atoms with van der Waals surface area (Å²) in [4.78, 5) is 15.2. The van der Waals surface area contributed by atoms with E-state index >= 15 is 0 Å². The Hall–Kier alpha value is -7.43. The van der Waals surface area contributed by atoms with Crippen molar-refractivity contribution in [2.24, 2.45) is 0 Å². The Morgan fingerprint density at radius 1 is 0.321 bits per heavy atom. The third kappa shape index (κ3) is 4.27. The second-order valence-electron chi connectivity index (χ2n) is 14.6. The predicted molar refractivity (Wildman–Crippen MR) is 225 cm³/mol. The summed E-state index contributed by atoms with van der Waals surface area (Å²) in [6, 6.07) is 66.8. The van der Waals surface area contributed by atoms with Crippen LogP contribution in [0, 0.1) is 0 Å². The molecule has 0 radical (unpaired) electrons. The van der Waals surface area contributed by atoms with Gasteiger partial charge >= 0.3 is 0 Å². The largest absolute Gasteiger partial charge is 0.455 e. The summed E-state index contributed by atoms with van der Waals surface area (Å²) < 4.78 is 6.43. The van der Waals surface area contributed by atoms with Gasteiger partial charge in [0.2, 0.25) is 0 Å². The van der Waals surface area contributed by atoms with Crippen LogP contribution in [0.5, 0.6) is 0 Å². The van der Waals surface area contributed by atoms with Crippen molar-refractivity contribution in [2.45, 2.75) is 5.41 Å². The van der Waals surface area contributed by atoms with Crippen LogP contribution in [0.1, 0.15) is 22.3 Å². The van der Waals surface area contributed by atoms with Crippen LogP contribution in [0.2, 0.25) is 0 Å². The predicted octanol–water partition coefficient (Wildman–Crippen LogP) is 12.8. The van der Waals surface area contributed by atoms with E-state index in [4.69, 9.17) is 19.4 Å². The van der Waals surface area contributed by atoms with Gasteiger partial charge in [0.05, 0.1) is 11.0 Å². The molecule has 0 saturated carbocycles. The first-order chi connectivity index (χ1) is 27.8. The van der Waals surface area contributed by atoms with E-state index in [1.165, 1.54) is 50.1 Å². The van der Waals surface area contributed by atoms with Gasteiger partial charge in [-0.15, -0.1) is 0 Å². The summed E-state index contributed by atoms with van der Waals surface area (Å²) in [7, 11) is 0. The molecule has 2 aliphatic rings. The number of furan rings is 1. The first-order valence-electron chi connectivity index (χ1n) is 19.0. The normalized spacial score (nSPS) is 13.1. The molecule has 4 nitrogen and oxygen atoms in total. The number of hydrogen-bond donors (Lipinski definition) is 0. The lowest BCUT2D eigenvalue weighted by Crippen LogP contribution is -2.25. The van der Waals surface area contributed by atoms with Crippen molar-refractivity contribution in [1.29, 1.82) is 0 Å². The van der Waals surface area contributed by atoms with Crippen LogP contribution in [0.4, 0.5) is 0 Å². The van der Waals surface area contributed by atoms with Gasteiger partial charge < -0.3 is 4.42 Å². The summed E-state index contributed by atoms with van der Waals surface area (Å²) >= 11 is 0. The van der Waals surface area contributed by atoms with Crippen molar-refractivity contribution in [1.82, 2.24) is 15.0 Å². The van der Waals surface area contributed by atoms with Gasteiger partial charge in [-0.1, -0.05) is 176 Å². The van der Waals surface area contributed by atoms with Gasteiger partial charge in [0.1, 0.15) is 11.2 Å². The summed E-state index contributed by atoms with van der Waals surface area (Å²) in [5, 5.41) is 2.11. The molecule has 4 heteroatoms. The molecule has 12 rings (SSSR count). The Kier molecular flexibility index (Phi) is 6.52. The van der Waals surface area contributed by atoms with Crippen molar-refractivity contribution in [3.63, 3.8) is 0 Å². The fourth-order valence-electron chi connectivity index (χ4n) is 9.45. The van der Waals surface area contributed by atoms with Gasteiger partial charge in [0, 0.05) is 21.9 Å². The quantitative estimate of drug-likeness (QED) is 0.182. The SMILES string of the molecule is c1ccc(-c2nc(-c3ccc(-c4cccc5c4-c4ccccc4C54c5ccccc5-c5ccccc54)cc3)nc(-c3cccc4c3oc3ccccc34)n2)cc1. The van der Waals surface area contributed by atoms with Crippen LogP contribution in [-0.4, -0.2) is 15.0 Å². The van der Waals surface area contributed by atoms with Gasteiger partial charge in [0.15, 0.2) is 17.5 Å². The molecule has 0 N–H and O–H groups in total. The average molecular weight is 714 g/mol. The number of fused-ring (bicyclic) bond motifs is 13. The highest BCUT2D eigenvalue weighted by molar-refractivity contribution is 6.09. The molecule has 0 fully saturated rings. The molecule has 0 amide bonds. The highest BCUT2D eigenvalue weighted by Crippen LogP contribution is 2.63. The van der Waals surface area contributed by atoms with E-state index < -0.39 is 0 Å². The summed E-state index contributed by atoms with van der Waals surface area (Å²) in [5.41, 5.74) is 16.8. The molecule has 0 atom stereocenters. The molecular weight excluding hydrogens is 683 g/mol. The van der Waals surface area contributed by atoms with Crippen molar-refractivity contribution in [3.05, 3.63) is 210 Å². The molecule has 260 valence electrons. The Morgan fingerprint density at radius 2 is 0.804 bits per heavy atom. The highest BCUT2D eigenvalue weighted by Gasteiger charge is 2.51. The van der Waals surface area contributed by atoms with E-state index in [1.807, 2.05) is 60.7 Å². The minimum absolute atomic E-state index is 0.382. The van der Waals surface area contributed by atoms with Crippen molar-refractivity contribution >= 4 is 21.9 Å². The Bertz CT molecular complexity index is 3150. The van der Waals surface area contributed by atoms with Crippen LogP contribution in [0.3, 0.4) is 0 Å². The second kappa shape index (κ2) is 11.8. The third-order valence-electron chi connectivity index (χ3n) is 11.8. The first kappa shape index (κ1) is 31.0. The Balaban J connectivity index is 1.02. The molecule has 10 aromatic rings. The number of para-hydroxylation sites is 2. The van der Waals surface area contributed by atoms with Gasteiger partial charge in [0.25, 0.3) is 0 Å². The van der Waals surface area contributed by atoms with E-state index in [9.17, 15) is 0 Å². The summed E-state index contributed by atoms with van der Waals surface area (Å²) in [5.74, 6) is 1.79. The smallest absolute Gasteiger partial charge is 0.167 e. The molecule has 8 aromatic carbocycles. The summed E-state index contributed by atoms with van der Waals surface area (Å²) in [6.07, 6.45) is 0. The van der Waals surface area contributed by atoms with Gasteiger partial charge in [-0.2, -0.15) is 0 Å². The van der Waals surface area contributed by atoms with Crippen molar-refractivity contribution in [2.75, 3.05) is 0 Å². The molecule has 2 aromatic heterocycles. The lowest BCUT2D eigenvalue weighted by molar-refractivity contribution is 0.669. The molecule has 2 aliphatic carbocycles. The lowest BCUT2D eigenvalue weighted by Gasteiger charge is -2.30. The van der Waals surface area contributed by atoms with Crippen LogP contribution in [0.15, 0.2) is 192 Å². The van der Waals surface area contributed by atoms with E-state index in [-0.39, 0.29) is 5.41 Å². The topological polar surface area (TPSA) is 51.8 Å². The highest BCUT2D eigenvalue weighted by atomic mass is 16.3. The molecule has 1 spiro atoms. The van der Waals surface area contributed by atoms with E-state index in [0.717, 1.165) is 44.2 Å². The number of aromatic nitrogens is 3. The van der Waals surface area contributed by atoms with E-state index in [2.05, 4.69) is 127 Å². The first-order valence-corrected chi connectivity index (χ1v) is 19.0. The van der Waals surface area contributed by atoms with Gasteiger partial charge in [-0.25, -0.2) is 15.0 Å². The minimum Gasteiger partial charge on any atom is -0.455 e. The zero-order chi connectivity index (χ0) is 36.8. The summed E-state index contributed by atoms with van der Waals surface area (Å²) in [6.45, 7) is 0. The van der Waals surface area contributed by atoms with Crippen LogP contribution < -0.4 is 0 Å². The third-order valence-corrected chi connectivity index (χ3v) is 11.8. The molecule has 0 aliphatic heterocycles. The average Bonchev–Trinajstić information content (AvgIpc) is 3.91. The maximum Gasteiger partial charge on any atom is 0.167 e. The maximum absolute atomic E-state index is 6.43. The monoisotopic (exact) mass is 713 g/mol. The Labute approximate surface area is 323 Å². The Morgan fingerprint density at radius 3 is 1.54 bits per heavy atom. The zero-order valence-electron chi connectivity index (χ0n) is 30.1. The number of nitrogens with zero attached hydrogens (tertiary/aromatic N) is 3. The van der Waals surface area contributed by atoms with Crippen LogP contribution in [0.25, 0.3) is 89.5 Å². The standard InChI is InChI=1S/C52H31N3O/c1-2-14-33(15-3-1)49-53-50(55-51(54-49)41-22-12-21-39-38-18-7-11-27-46(38)56-48(39)41)34-30-28-32(29-31-34)35-20-13-26-45-47(35)40-19-6-10-25-44(40)52(45)42-23-8-4-16-36(42)37-17-5-9-24-43(37)52/h1-31H. The fourth-order valence-corrected chi connectivity index (χ4v) is 9.45. The molecule has 0 unspecified atom stereocenters. The lowest BCUT2D eigenvalue weighted by atomic mass is 9.70. The molecule has 0 saturated heterocycles. The number of rotatable bonds is 4. The number of benzene rings is 8. The molecule has 0 bridgehead atoms. The fraction of sp³-hybridized carbons (Fsp3) is 0.0192. The van der Waals surface area contributed by atoms with E-state index in [1.54, 1.807) is 0 Å². The number of hydrogen-bond acceptors (Lipinski definition) is 4. The van der Waals surface area contributed by atoms with Crippen LogP contribution >= 0.6 is 0 Å². The molecular formula is C52H31N3O. The van der Waals surface area contributed by atoms with Gasteiger partial charge in [-0.05, 0) is 67.8 Å². The molecule has 2 heterocycles. The zero-order valence-corrected chi connectivity index (χ0v) is 30.1. The van der Waals surface area contributed by atoms with Crippen molar-refractivity contribution in [3.8, 4) is 67.5 Å². The molecule has 56 heavy (non-hydrogen) atoms. The van der Waals surface area contributed by atoms with Crippen LogP contribution in [-0.2, 0) is 5.41 Å². The second-order valence-corrected chi connectivity index (χ2v) is 14.6. The van der Waals surface area contributed by atoms with Gasteiger partial charge in [-0.3, -0.25) is 0 Å².